The molecule has 0 aliphatic heterocycles. The monoisotopic (exact) mass is 305 g/mol. The maximum atomic E-state index is 12.2. The number of hydrogen-bond donors (Lipinski definition) is 2. The fraction of sp³-hybridized carbons (Fsp3) is 0.111. The lowest BCUT2D eigenvalue weighted by atomic mass is 10.1. The van der Waals surface area contributed by atoms with Gasteiger partial charge in [-0.25, -0.2) is 0 Å². The van der Waals surface area contributed by atoms with Gasteiger partial charge in [-0.15, -0.1) is 0 Å². The molecule has 0 unspecified atom stereocenters. The van der Waals surface area contributed by atoms with Crippen molar-refractivity contribution in [3.8, 4) is 6.07 Å². The van der Waals surface area contributed by atoms with E-state index < -0.39 is 5.91 Å². The van der Waals surface area contributed by atoms with Gasteiger partial charge in [0.05, 0.1) is 12.8 Å². The zero-order chi connectivity index (χ0) is 16.2. The number of amides is 1. The second kappa shape index (κ2) is 6.24. The third kappa shape index (κ3) is 3.01. The van der Waals surface area contributed by atoms with Crippen molar-refractivity contribution < 1.29 is 9.21 Å². The quantitative estimate of drug-likeness (QED) is 0.573. The molecule has 0 radical (unpaired) electrons. The van der Waals surface area contributed by atoms with Crippen molar-refractivity contribution in [1.82, 2.24) is 10.3 Å². The molecule has 2 aromatic heterocycles. The van der Waals surface area contributed by atoms with E-state index >= 15 is 0 Å². The van der Waals surface area contributed by atoms with Crippen LogP contribution in [0.3, 0.4) is 0 Å². The highest BCUT2D eigenvalue weighted by molar-refractivity contribution is 6.04. The molecule has 2 N–H and O–H groups in total. The SMILES string of the molecule is Cc1[nH]c2ccccc2c1/C=C(\C#N)C(=O)NCc1ccco1. The lowest BCUT2D eigenvalue weighted by Gasteiger charge is -2.02. The van der Waals surface area contributed by atoms with Crippen molar-refractivity contribution in [3.63, 3.8) is 0 Å². The number of aryl methyl sites for hydroxylation is 1. The first kappa shape index (κ1) is 14.7. The van der Waals surface area contributed by atoms with Crippen LogP contribution in [0.2, 0.25) is 0 Å². The summed E-state index contributed by atoms with van der Waals surface area (Å²) in [7, 11) is 0. The normalized spacial score (nSPS) is 11.4. The smallest absolute Gasteiger partial charge is 0.262 e. The molecule has 0 fully saturated rings. The Balaban J connectivity index is 1.87. The minimum Gasteiger partial charge on any atom is -0.467 e. The highest BCUT2D eigenvalue weighted by Gasteiger charge is 2.12. The first-order valence-corrected chi connectivity index (χ1v) is 7.18. The second-order valence-corrected chi connectivity index (χ2v) is 5.14. The molecule has 2 heterocycles. The van der Waals surface area contributed by atoms with Gasteiger partial charge in [0.1, 0.15) is 17.4 Å². The predicted octanol–water partition coefficient (Wildman–Crippen LogP) is 3.29. The van der Waals surface area contributed by atoms with Crippen LogP contribution in [0.25, 0.3) is 17.0 Å². The van der Waals surface area contributed by atoms with Crippen LogP contribution in [0.1, 0.15) is 17.0 Å². The number of para-hydroxylation sites is 1. The summed E-state index contributed by atoms with van der Waals surface area (Å²) in [4.78, 5) is 15.4. The molecule has 3 aromatic rings. The first-order valence-electron chi connectivity index (χ1n) is 7.18. The van der Waals surface area contributed by atoms with Crippen molar-refractivity contribution >= 4 is 22.9 Å². The number of carbonyl (C=O) groups excluding carboxylic acids is 1. The van der Waals surface area contributed by atoms with Gasteiger partial charge in [-0.1, -0.05) is 18.2 Å². The Labute approximate surface area is 133 Å². The molecule has 0 aliphatic carbocycles. The number of hydrogen-bond acceptors (Lipinski definition) is 3. The third-order valence-electron chi connectivity index (χ3n) is 3.60. The molecule has 1 amide bonds. The van der Waals surface area contributed by atoms with Gasteiger partial charge >= 0.3 is 0 Å². The summed E-state index contributed by atoms with van der Waals surface area (Å²) < 4.78 is 5.16. The molecular weight excluding hydrogens is 290 g/mol. The summed E-state index contributed by atoms with van der Waals surface area (Å²) >= 11 is 0. The van der Waals surface area contributed by atoms with E-state index in [9.17, 15) is 10.1 Å². The molecule has 114 valence electrons. The Kier molecular flexibility index (Phi) is 3.98. The summed E-state index contributed by atoms with van der Waals surface area (Å²) in [5.74, 6) is 0.215. The number of nitrogens with zero attached hydrogens (tertiary/aromatic N) is 1. The highest BCUT2D eigenvalue weighted by Crippen LogP contribution is 2.24. The Morgan fingerprint density at radius 2 is 2.17 bits per heavy atom. The molecular formula is C18H15N3O2. The number of fused-ring (bicyclic) bond motifs is 1. The number of aromatic amines is 1. The van der Waals surface area contributed by atoms with Crippen LogP contribution in [0, 0.1) is 18.3 Å². The Hall–Kier alpha value is -3.26. The Bertz CT molecular complexity index is 912. The second-order valence-electron chi connectivity index (χ2n) is 5.14. The van der Waals surface area contributed by atoms with E-state index in [0.29, 0.717) is 5.76 Å². The van der Waals surface area contributed by atoms with Crippen molar-refractivity contribution in [1.29, 1.82) is 5.26 Å². The van der Waals surface area contributed by atoms with Gasteiger partial charge in [-0.05, 0) is 31.2 Å². The van der Waals surface area contributed by atoms with E-state index in [4.69, 9.17) is 4.42 Å². The largest absolute Gasteiger partial charge is 0.467 e. The summed E-state index contributed by atoms with van der Waals surface area (Å²) in [6, 6.07) is 13.3. The number of nitriles is 1. The molecule has 0 atom stereocenters. The number of benzene rings is 1. The summed E-state index contributed by atoms with van der Waals surface area (Å²) in [6.07, 6.45) is 3.16. The van der Waals surface area contributed by atoms with Crippen LogP contribution in [0.4, 0.5) is 0 Å². The molecule has 5 heteroatoms. The number of carbonyl (C=O) groups is 1. The van der Waals surface area contributed by atoms with Gasteiger partial charge in [0.2, 0.25) is 0 Å². The van der Waals surface area contributed by atoms with Crippen molar-refractivity contribution in [3.05, 3.63) is 65.3 Å². The van der Waals surface area contributed by atoms with E-state index in [1.165, 1.54) is 6.26 Å². The van der Waals surface area contributed by atoms with Crippen molar-refractivity contribution in [2.75, 3.05) is 0 Å². The molecule has 0 saturated carbocycles. The van der Waals surface area contributed by atoms with E-state index in [2.05, 4.69) is 10.3 Å². The molecule has 3 rings (SSSR count). The minimum atomic E-state index is -0.423. The third-order valence-corrected chi connectivity index (χ3v) is 3.60. The topological polar surface area (TPSA) is 81.8 Å². The summed E-state index contributed by atoms with van der Waals surface area (Å²) in [6.45, 7) is 2.17. The number of nitrogens with one attached hydrogen (secondary N) is 2. The molecule has 0 saturated heterocycles. The van der Waals surface area contributed by atoms with Crippen LogP contribution in [0.15, 0.2) is 52.7 Å². The van der Waals surface area contributed by atoms with Gasteiger partial charge in [-0.3, -0.25) is 4.79 Å². The van der Waals surface area contributed by atoms with Crippen LogP contribution in [-0.2, 0) is 11.3 Å². The lowest BCUT2D eigenvalue weighted by Crippen LogP contribution is -2.23. The van der Waals surface area contributed by atoms with E-state index in [1.54, 1.807) is 18.2 Å². The average molecular weight is 305 g/mol. The standard InChI is InChI=1S/C18H15N3O2/c1-12-16(15-6-2-3-7-17(15)21-12)9-13(10-19)18(22)20-11-14-5-4-8-23-14/h2-9,21H,11H2,1H3,(H,20,22)/b13-9+. The van der Waals surface area contributed by atoms with Crippen LogP contribution in [0.5, 0.6) is 0 Å². The first-order chi connectivity index (χ1) is 11.2. The van der Waals surface area contributed by atoms with E-state index in [-0.39, 0.29) is 12.1 Å². The Morgan fingerprint density at radius 3 is 2.91 bits per heavy atom. The molecule has 5 nitrogen and oxygen atoms in total. The maximum Gasteiger partial charge on any atom is 0.262 e. The fourth-order valence-corrected chi connectivity index (χ4v) is 2.45. The number of furan rings is 1. The van der Waals surface area contributed by atoms with Crippen LogP contribution < -0.4 is 5.32 Å². The fourth-order valence-electron chi connectivity index (χ4n) is 2.45. The van der Waals surface area contributed by atoms with E-state index in [0.717, 1.165) is 22.2 Å². The number of aromatic nitrogens is 1. The minimum absolute atomic E-state index is 0.0596. The summed E-state index contributed by atoms with van der Waals surface area (Å²) in [5.41, 5.74) is 2.80. The predicted molar refractivity (Wildman–Crippen MR) is 87.2 cm³/mol. The van der Waals surface area contributed by atoms with Gasteiger partial charge in [-0.2, -0.15) is 5.26 Å². The molecule has 1 aromatic carbocycles. The van der Waals surface area contributed by atoms with Gasteiger partial charge in [0.25, 0.3) is 5.91 Å². The molecule has 0 aliphatic rings. The van der Waals surface area contributed by atoms with Gasteiger partial charge in [0, 0.05) is 22.2 Å². The number of H-pyrrole nitrogens is 1. The van der Waals surface area contributed by atoms with Crippen molar-refractivity contribution in [2.24, 2.45) is 0 Å². The maximum absolute atomic E-state index is 12.2. The van der Waals surface area contributed by atoms with Crippen LogP contribution >= 0.6 is 0 Å². The summed E-state index contributed by atoms with van der Waals surface area (Å²) in [5, 5.41) is 13.0. The number of rotatable bonds is 4. The lowest BCUT2D eigenvalue weighted by molar-refractivity contribution is -0.117. The zero-order valence-corrected chi connectivity index (χ0v) is 12.6. The van der Waals surface area contributed by atoms with Gasteiger partial charge < -0.3 is 14.7 Å². The molecule has 0 spiro atoms. The Morgan fingerprint density at radius 1 is 1.35 bits per heavy atom. The molecule has 0 bridgehead atoms. The zero-order valence-electron chi connectivity index (χ0n) is 12.6. The van der Waals surface area contributed by atoms with Crippen LogP contribution in [-0.4, -0.2) is 10.9 Å². The average Bonchev–Trinajstić information content (AvgIpc) is 3.18. The highest BCUT2D eigenvalue weighted by atomic mass is 16.3. The van der Waals surface area contributed by atoms with Crippen molar-refractivity contribution in [2.45, 2.75) is 13.5 Å². The van der Waals surface area contributed by atoms with E-state index in [1.807, 2.05) is 37.3 Å². The van der Waals surface area contributed by atoms with Gasteiger partial charge in [0.15, 0.2) is 0 Å². The molecule has 23 heavy (non-hydrogen) atoms.